The minimum absolute atomic E-state index is 0.168. The highest BCUT2D eigenvalue weighted by molar-refractivity contribution is 5.45. The van der Waals surface area contributed by atoms with Gasteiger partial charge in [-0.3, -0.25) is 0 Å². The molecule has 6 heteroatoms. The van der Waals surface area contributed by atoms with E-state index in [0.29, 0.717) is 6.42 Å². The van der Waals surface area contributed by atoms with Gasteiger partial charge in [-0.2, -0.15) is 13.2 Å². The van der Waals surface area contributed by atoms with Gasteiger partial charge < -0.3 is 10.4 Å². The van der Waals surface area contributed by atoms with Gasteiger partial charge in [-0.05, 0) is 25.0 Å². The average Bonchev–Trinajstić information content (AvgIpc) is 2.40. The predicted molar refractivity (Wildman–Crippen MR) is 70.3 cm³/mol. The van der Waals surface area contributed by atoms with Gasteiger partial charge >= 0.3 is 6.18 Å². The first-order valence-corrected chi connectivity index (χ1v) is 6.77. The van der Waals surface area contributed by atoms with Crippen LogP contribution in [0.15, 0.2) is 18.3 Å². The number of aliphatic hydroxyl groups excluding tert-OH is 1. The van der Waals surface area contributed by atoms with Crippen LogP contribution in [0.3, 0.4) is 0 Å². The third-order valence-electron chi connectivity index (χ3n) is 4.05. The number of halogens is 3. The second-order valence-electron chi connectivity index (χ2n) is 5.67. The molecular weight excluding hydrogens is 269 g/mol. The van der Waals surface area contributed by atoms with Gasteiger partial charge in [0.15, 0.2) is 0 Å². The Kier molecular flexibility index (Phi) is 4.22. The Morgan fingerprint density at radius 1 is 1.45 bits per heavy atom. The first-order chi connectivity index (χ1) is 9.33. The van der Waals surface area contributed by atoms with Crippen LogP contribution in [-0.4, -0.2) is 22.7 Å². The molecule has 1 saturated carbocycles. The highest BCUT2D eigenvalue weighted by atomic mass is 19.4. The third kappa shape index (κ3) is 3.23. The van der Waals surface area contributed by atoms with Crippen LogP contribution in [0.1, 0.15) is 38.2 Å². The van der Waals surface area contributed by atoms with E-state index in [1.165, 1.54) is 12.3 Å². The normalized spacial score (nSPS) is 27.4. The predicted octanol–water partition coefficient (Wildman–Crippen LogP) is 3.45. The molecule has 2 rings (SSSR count). The topological polar surface area (TPSA) is 45.2 Å². The van der Waals surface area contributed by atoms with E-state index in [2.05, 4.69) is 10.3 Å². The summed E-state index contributed by atoms with van der Waals surface area (Å²) < 4.78 is 38.6. The molecule has 0 amide bonds. The molecular formula is C14H19F3N2O. The highest BCUT2D eigenvalue weighted by Gasteiger charge is 2.37. The van der Waals surface area contributed by atoms with E-state index in [9.17, 15) is 18.3 Å². The molecule has 20 heavy (non-hydrogen) atoms. The fraction of sp³-hybridized carbons (Fsp3) is 0.643. The molecule has 1 fully saturated rings. The Morgan fingerprint density at radius 2 is 2.20 bits per heavy atom. The minimum atomic E-state index is -4.43. The first-order valence-electron chi connectivity index (χ1n) is 6.77. The molecule has 1 heterocycles. The summed E-state index contributed by atoms with van der Waals surface area (Å²) in [6, 6.07) is 2.28. The number of hydrogen-bond donors (Lipinski definition) is 2. The van der Waals surface area contributed by atoms with Crippen LogP contribution in [0.4, 0.5) is 19.0 Å². The van der Waals surface area contributed by atoms with Crippen LogP contribution in [0, 0.1) is 5.41 Å². The summed E-state index contributed by atoms with van der Waals surface area (Å²) >= 11 is 0. The smallest absolute Gasteiger partial charge is 0.392 e. The molecule has 0 bridgehead atoms. The summed E-state index contributed by atoms with van der Waals surface area (Å²) in [6.45, 7) is 2.19. The maximum Gasteiger partial charge on any atom is 0.419 e. The van der Waals surface area contributed by atoms with Crippen molar-refractivity contribution in [3.05, 3.63) is 23.9 Å². The van der Waals surface area contributed by atoms with E-state index < -0.39 is 23.3 Å². The summed E-state index contributed by atoms with van der Waals surface area (Å²) in [4.78, 5) is 3.77. The SMILES string of the molecule is CC1(CNc2ncccc2C(F)(F)F)CCCCC1O. The molecule has 0 saturated heterocycles. The monoisotopic (exact) mass is 288 g/mol. The lowest BCUT2D eigenvalue weighted by Crippen LogP contribution is -2.41. The molecule has 2 N–H and O–H groups in total. The van der Waals surface area contributed by atoms with Crippen LogP contribution in [0.25, 0.3) is 0 Å². The third-order valence-corrected chi connectivity index (χ3v) is 4.05. The number of anilines is 1. The first kappa shape index (κ1) is 15.1. The molecule has 0 aliphatic heterocycles. The number of aromatic nitrogens is 1. The Hall–Kier alpha value is -1.30. The van der Waals surface area contributed by atoms with Gasteiger partial charge in [0.2, 0.25) is 0 Å². The van der Waals surface area contributed by atoms with Gasteiger partial charge in [0, 0.05) is 18.2 Å². The number of alkyl halides is 3. The van der Waals surface area contributed by atoms with Gasteiger partial charge in [-0.1, -0.05) is 19.8 Å². The van der Waals surface area contributed by atoms with Crippen molar-refractivity contribution < 1.29 is 18.3 Å². The molecule has 1 aliphatic rings. The molecule has 2 atom stereocenters. The van der Waals surface area contributed by atoms with Crippen LogP contribution in [0.5, 0.6) is 0 Å². The molecule has 0 spiro atoms. The van der Waals surface area contributed by atoms with Crippen LogP contribution in [0.2, 0.25) is 0 Å². The van der Waals surface area contributed by atoms with E-state index >= 15 is 0 Å². The van der Waals surface area contributed by atoms with Crippen molar-refractivity contribution in [1.29, 1.82) is 0 Å². The zero-order valence-electron chi connectivity index (χ0n) is 11.4. The van der Waals surface area contributed by atoms with Gasteiger partial charge in [-0.25, -0.2) is 4.98 Å². The second kappa shape index (κ2) is 5.60. The van der Waals surface area contributed by atoms with Crippen LogP contribution in [-0.2, 0) is 6.18 Å². The Labute approximate surface area is 116 Å². The van der Waals surface area contributed by atoms with Gasteiger partial charge in [0.1, 0.15) is 5.82 Å². The van der Waals surface area contributed by atoms with Crippen molar-refractivity contribution in [3.63, 3.8) is 0 Å². The lowest BCUT2D eigenvalue weighted by atomic mass is 9.73. The lowest BCUT2D eigenvalue weighted by Gasteiger charge is -2.38. The number of rotatable bonds is 3. The highest BCUT2D eigenvalue weighted by Crippen LogP contribution is 2.38. The summed E-state index contributed by atoms with van der Waals surface area (Å²) in [5.74, 6) is -0.168. The fourth-order valence-corrected chi connectivity index (χ4v) is 2.65. The van der Waals surface area contributed by atoms with Gasteiger partial charge in [0.05, 0.1) is 11.7 Å². The van der Waals surface area contributed by atoms with Crippen molar-refractivity contribution in [2.24, 2.45) is 5.41 Å². The summed E-state index contributed by atoms with van der Waals surface area (Å²) in [5, 5.41) is 12.8. The standard InChI is InChI=1S/C14H19F3N2O/c1-13(7-3-2-6-11(13)20)9-19-12-10(14(15,16)17)5-4-8-18-12/h4-5,8,11,20H,2-3,6-7,9H2,1H3,(H,18,19). The average molecular weight is 288 g/mol. The van der Waals surface area contributed by atoms with Crippen molar-refractivity contribution >= 4 is 5.82 Å². The van der Waals surface area contributed by atoms with E-state index in [1.807, 2.05) is 6.92 Å². The maximum atomic E-state index is 12.9. The summed E-state index contributed by atoms with van der Waals surface area (Å²) in [5.41, 5.74) is -1.17. The Bertz CT molecular complexity index is 464. The van der Waals surface area contributed by atoms with E-state index in [0.717, 1.165) is 25.3 Å². The summed E-state index contributed by atoms with van der Waals surface area (Å²) in [6.07, 6.45) is -0.124. The fourth-order valence-electron chi connectivity index (χ4n) is 2.65. The molecule has 1 aromatic heterocycles. The van der Waals surface area contributed by atoms with Crippen molar-refractivity contribution in [2.75, 3.05) is 11.9 Å². The van der Waals surface area contributed by atoms with Crippen molar-refractivity contribution in [1.82, 2.24) is 4.98 Å². The molecule has 3 nitrogen and oxygen atoms in total. The second-order valence-corrected chi connectivity index (χ2v) is 5.67. The Morgan fingerprint density at radius 3 is 2.85 bits per heavy atom. The number of hydrogen-bond acceptors (Lipinski definition) is 3. The summed E-state index contributed by atoms with van der Waals surface area (Å²) in [7, 11) is 0. The largest absolute Gasteiger partial charge is 0.419 e. The maximum absolute atomic E-state index is 12.9. The number of nitrogens with one attached hydrogen (secondary N) is 1. The molecule has 2 unspecified atom stereocenters. The van der Waals surface area contributed by atoms with E-state index in [4.69, 9.17) is 0 Å². The number of aliphatic hydroxyl groups is 1. The van der Waals surface area contributed by atoms with E-state index in [-0.39, 0.29) is 12.4 Å². The van der Waals surface area contributed by atoms with Crippen molar-refractivity contribution in [2.45, 2.75) is 44.9 Å². The zero-order valence-corrected chi connectivity index (χ0v) is 11.4. The number of nitrogens with zero attached hydrogens (tertiary/aromatic N) is 1. The van der Waals surface area contributed by atoms with Crippen LogP contribution < -0.4 is 5.32 Å². The van der Waals surface area contributed by atoms with Crippen LogP contribution >= 0.6 is 0 Å². The molecule has 1 aromatic rings. The van der Waals surface area contributed by atoms with Gasteiger partial charge in [0.25, 0.3) is 0 Å². The minimum Gasteiger partial charge on any atom is -0.392 e. The number of pyridine rings is 1. The van der Waals surface area contributed by atoms with Crippen molar-refractivity contribution in [3.8, 4) is 0 Å². The zero-order chi connectivity index (χ0) is 14.8. The Balaban J connectivity index is 2.11. The quantitative estimate of drug-likeness (QED) is 0.895. The molecule has 0 aromatic carbocycles. The van der Waals surface area contributed by atoms with Gasteiger partial charge in [-0.15, -0.1) is 0 Å². The van der Waals surface area contributed by atoms with E-state index in [1.54, 1.807) is 0 Å². The lowest BCUT2D eigenvalue weighted by molar-refractivity contribution is -0.137. The molecule has 1 aliphatic carbocycles. The molecule has 112 valence electrons. The molecule has 0 radical (unpaired) electrons.